The Hall–Kier alpha value is -3.77. The summed E-state index contributed by atoms with van der Waals surface area (Å²) in [6.07, 6.45) is 10.7. The summed E-state index contributed by atoms with van der Waals surface area (Å²) >= 11 is 6.52. The van der Waals surface area contributed by atoms with E-state index in [1.54, 1.807) is 11.1 Å². The normalized spacial score (nSPS) is 23.0. The Morgan fingerprint density at radius 1 is 1.00 bits per heavy atom. The third-order valence-electron chi connectivity index (χ3n) is 8.57. The Labute approximate surface area is 226 Å². The van der Waals surface area contributed by atoms with Crippen LogP contribution in [0.3, 0.4) is 0 Å². The molecule has 1 unspecified atom stereocenters. The Morgan fingerprint density at radius 2 is 1.82 bits per heavy atom. The number of aromatic nitrogens is 1. The molecule has 7 rings (SSSR count). The van der Waals surface area contributed by atoms with E-state index in [-0.39, 0.29) is 11.8 Å². The Balaban J connectivity index is 1.14. The van der Waals surface area contributed by atoms with Crippen molar-refractivity contribution in [3.8, 4) is 0 Å². The molecule has 0 radical (unpaired) electrons. The van der Waals surface area contributed by atoms with Gasteiger partial charge in [-0.3, -0.25) is 19.5 Å². The molecule has 0 saturated heterocycles. The van der Waals surface area contributed by atoms with Crippen LogP contribution in [-0.4, -0.2) is 39.6 Å². The first-order valence-corrected chi connectivity index (χ1v) is 13.6. The van der Waals surface area contributed by atoms with E-state index < -0.39 is 11.0 Å². The number of nitrogens with zero attached hydrogens (tertiary/aromatic N) is 3. The zero-order valence-corrected chi connectivity index (χ0v) is 21.7. The van der Waals surface area contributed by atoms with E-state index in [9.17, 15) is 9.59 Å². The topological polar surface area (TPSA) is 74.7 Å². The molecule has 1 aromatic heterocycles. The number of hydrogen-bond donors (Lipinski definition) is 1. The van der Waals surface area contributed by atoms with Crippen molar-refractivity contribution in [3.05, 3.63) is 99.7 Å². The maximum atomic E-state index is 13.6. The summed E-state index contributed by atoms with van der Waals surface area (Å²) in [6.45, 7) is 0.424. The fraction of sp³-hybridized carbons (Fsp3) is 0.290. The van der Waals surface area contributed by atoms with Gasteiger partial charge in [-0.1, -0.05) is 73.0 Å². The first-order valence-electron chi connectivity index (χ1n) is 13.2. The molecule has 6 nitrogen and oxygen atoms in total. The second-order valence-corrected chi connectivity index (χ2v) is 11.2. The van der Waals surface area contributed by atoms with Crippen LogP contribution in [0.5, 0.6) is 0 Å². The number of benzene rings is 2. The molecule has 2 amide bonds. The summed E-state index contributed by atoms with van der Waals surface area (Å²) in [5.41, 5.74) is 3.98. The smallest absolute Gasteiger partial charge is 0.256 e. The highest BCUT2D eigenvalue weighted by atomic mass is 35.5. The lowest BCUT2D eigenvalue weighted by molar-refractivity contribution is -0.130. The van der Waals surface area contributed by atoms with Gasteiger partial charge >= 0.3 is 0 Å². The van der Waals surface area contributed by atoms with Crippen LogP contribution in [0.4, 0.5) is 5.82 Å². The van der Waals surface area contributed by atoms with Gasteiger partial charge in [0.05, 0.1) is 10.4 Å². The molecule has 1 N–H and O–H groups in total. The van der Waals surface area contributed by atoms with Crippen LogP contribution >= 0.6 is 11.6 Å². The largest absolute Gasteiger partial charge is 0.310 e. The van der Waals surface area contributed by atoms with E-state index in [1.165, 1.54) is 11.1 Å². The maximum Gasteiger partial charge on any atom is 0.256 e. The number of amides is 2. The van der Waals surface area contributed by atoms with Gasteiger partial charge in [-0.15, -0.1) is 0 Å². The number of carbonyl (C=O) groups is 2. The summed E-state index contributed by atoms with van der Waals surface area (Å²) in [4.78, 5) is 37.7. The monoisotopic (exact) mass is 522 g/mol. The minimum absolute atomic E-state index is 0.0271. The second kappa shape index (κ2) is 8.63. The van der Waals surface area contributed by atoms with Gasteiger partial charge in [0.1, 0.15) is 17.2 Å². The Kier molecular flexibility index (Phi) is 5.31. The molecule has 1 fully saturated rings. The van der Waals surface area contributed by atoms with E-state index in [0.29, 0.717) is 36.1 Å². The lowest BCUT2D eigenvalue weighted by atomic mass is 9.79. The molecule has 190 valence electrons. The van der Waals surface area contributed by atoms with Gasteiger partial charge in [-0.25, -0.2) is 4.98 Å². The van der Waals surface area contributed by atoms with E-state index in [0.717, 1.165) is 42.4 Å². The quantitative estimate of drug-likeness (QED) is 0.502. The number of nitrogens with one attached hydrogen (secondary N) is 1. The van der Waals surface area contributed by atoms with Crippen LogP contribution in [0.2, 0.25) is 5.02 Å². The number of rotatable bonds is 4. The molecule has 1 saturated carbocycles. The van der Waals surface area contributed by atoms with Crippen LogP contribution in [-0.2, 0) is 27.8 Å². The number of halogens is 1. The highest BCUT2D eigenvalue weighted by molar-refractivity contribution is 6.35. The molecule has 2 spiro atoms. The minimum Gasteiger partial charge on any atom is -0.310 e. The number of amidine groups is 1. The number of anilines is 1. The van der Waals surface area contributed by atoms with Crippen molar-refractivity contribution in [3.63, 3.8) is 0 Å². The third kappa shape index (κ3) is 3.47. The number of carbonyl (C=O) groups excluding carboxylic acids is 2. The van der Waals surface area contributed by atoms with E-state index in [4.69, 9.17) is 16.6 Å². The van der Waals surface area contributed by atoms with Crippen LogP contribution in [0.1, 0.15) is 53.5 Å². The van der Waals surface area contributed by atoms with Crippen LogP contribution in [0.25, 0.3) is 6.08 Å². The number of aliphatic imine (C=N–C) groups is 1. The summed E-state index contributed by atoms with van der Waals surface area (Å²) < 4.78 is 0. The lowest BCUT2D eigenvalue weighted by Crippen LogP contribution is -2.41. The Bertz CT molecular complexity index is 1550. The van der Waals surface area contributed by atoms with E-state index in [2.05, 4.69) is 28.5 Å². The van der Waals surface area contributed by atoms with E-state index in [1.807, 2.05) is 48.6 Å². The van der Waals surface area contributed by atoms with Gasteiger partial charge in [0, 0.05) is 23.9 Å². The first kappa shape index (κ1) is 23.4. The van der Waals surface area contributed by atoms with Gasteiger partial charge in [-0.2, -0.15) is 0 Å². The second-order valence-electron chi connectivity index (χ2n) is 10.8. The average Bonchev–Trinajstić information content (AvgIpc) is 3.67. The first-order chi connectivity index (χ1) is 18.5. The molecule has 1 atom stereocenters. The molecule has 4 aliphatic rings. The molecule has 3 heterocycles. The minimum atomic E-state index is -0.642. The molecular weight excluding hydrogens is 496 g/mol. The number of fused-ring (bicyclic) bond motifs is 3. The van der Waals surface area contributed by atoms with E-state index >= 15 is 0 Å². The summed E-state index contributed by atoms with van der Waals surface area (Å²) in [7, 11) is 0. The zero-order chi connectivity index (χ0) is 25.9. The molecular formula is C31H27ClN4O2. The summed E-state index contributed by atoms with van der Waals surface area (Å²) in [5, 5.41) is 3.57. The number of hydrogen-bond acceptors (Lipinski definition) is 4. The summed E-state index contributed by atoms with van der Waals surface area (Å²) in [5.74, 6) is 1.45. The maximum absolute atomic E-state index is 13.6. The SMILES string of the molecule is O=C1N(CC=Cc2ccc3c(c2)CC2(C3)C(=O)Nc3ncccc32)C(c2ccccc2Cl)=NC12CCCC2. The lowest BCUT2D eigenvalue weighted by Gasteiger charge is -2.21. The van der Waals surface area contributed by atoms with Crippen LogP contribution in [0, 0.1) is 0 Å². The molecule has 2 aromatic carbocycles. The predicted octanol–water partition coefficient (Wildman–Crippen LogP) is 5.34. The van der Waals surface area contributed by atoms with Gasteiger partial charge in [-0.05, 0) is 60.6 Å². The van der Waals surface area contributed by atoms with Gasteiger partial charge in [0.2, 0.25) is 5.91 Å². The van der Waals surface area contributed by atoms with Crippen LogP contribution in [0.15, 0.2) is 71.9 Å². The molecule has 2 aliphatic heterocycles. The fourth-order valence-corrected chi connectivity index (χ4v) is 6.87. The van der Waals surface area contributed by atoms with Gasteiger partial charge in [0.15, 0.2) is 0 Å². The highest BCUT2D eigenvalue weighted by Crippen LogP contribution is 2.46. The van der Waals surface area contributed by atoms with Gasteiger partial charge < -0.3 is 5.32 Å². The van der Waals surface area contributed by atoms with Crippen molar-refractivity contribution in [2.45, 2.75) is 49.5 Å². The summed E-state index contributed by atoms with van der Waals surface area (Å²) in [6, 6.07) is 17.9. The average molecular weight is 523 g/mol. The molecule has 0 bridgehead atoms. The zero-order valence-electron chi connectivity index (χ0n) is 20.9. The van der Waals surface area contributed by atoms with Crippen molar-refractivity contribution in [1.29, 1.82) is 0 Å². The Morgan fingerprint density at radius 3 is 2.66 bits per heavy atom. The number of pyridine rings is 1. The fourth-order valence-electron chi connectivity index (χ4n) is 6.65. The van der Waals surface area contributed by atoms with Gasteiger partial charge in [0.25, 0.3) is 5.91 Å². The molecule has 38 heavy (non-hydrogen) atoms. The standard InChI is InChI=1S/C31H27ClN4O2/c32-25-10-2-1-8-23(25)27-35-31(13-3-4-14-31)29(38)36(27)16-6-7-20-11-12-21-18-30(19-22(21)17-20)24-9-5-15-33-26(24)34-28(30)37/h1-2,5-12,15,17H,3-4,13-14,16,18-19H2,(H,33,34,37). The predicted molar refractivity (Wildman–Crippen MR) is 148 cm³/mol. The van der Waals surface area contributed by atoms with Crippen molar-refractivity contribution in [2.24, 2.45) is 4.99 Å². The van der Waals surface area contributed by atoms with Crippen molar-refractivity contribution < 1.29 is 9.59 Å². The molecule has 2 aliphatic carbocycles. The molecule has 3 aromatic rings. The van der Waals surface area contributed by atoms with Crippen LogP contribution < -0.4 is 5.32 Å². The molecule has 7 heteroatoms. The van der Waals surface area contributed by atoms with Crippen molar-refractivity contribution >= 4 is 41.1 Å². The third-order valence-corrected chi connectivity index (χ3v) is 8.90. The highest BCUT2D eigenvalue weighted by Gasteiger charge is 2.51. The van der Waals surface area contributed by atoms with Crippen molar-refractivity contribution in [2.75, 3.05) is 11.9 Å². The van der Waals surface area contributed by atoms with Crippen molar-refractivity contribution in [1.82, 2.24) is 9.88 Å².